The van der Waals surface area contributed by atoms with Gasteiger partial charge in [0.25, 0.3) is 0 Å². The van der Waals surface area contributed by atoms with E-state index in [9.17, 15) is 9.59 Å². The first kappa shape index (κ1) is 16.5. The molecule has 22 heavy (non-hydrogen) atoms. The van der Waals surface area contributed by atoms with Crippen LogP contribution >= 0.6 is 0 Å². The highest BCUT2D eigenvalue weighted by Gasteiger charge is 2.30. The molecule has 0 aliphatic carbocycles. The summed E-state index contributed by atoms with van der Waals surface area (Å²) in [5, 5.41) is 2.89. The van der Waals surface area contributed by atoms with Gasteiger partial charge >= 0.3 is 0 Å². The second kappa shape index (κ2) is 6.51. The molecule has 0 bridgehead atoms. The van der Waals surface area contributed by atoms with Crippen molar-refractivity contribution in [3.05, 3.63) is 29.8 Å². The van der Waals surface area contributed by atoms with E-state index in [4.69, 9.17) is 0 Å². The molecule has 4 heteroatoms. The molecule has 2 amide bonds. The van der Waals surface area contributed by atoms with Crippen LogP contribution in [0.5, 0.6) is 0 Å². The van der Waals surface area contributed by atoms with Crippen LogP contribution in [0, 0.1) is 5.41 Å². The Balaban J connectivity index is 1.85. The summed E-state index contributed by atoms with van der Waals surface area (Å²) < 4.78 is 0. The number of amides is 2. The number of fused-ring (bicyclic) bond motifs is 1. The summed E-state index contributed by atoms with van der Waals surface area (Å²) in [4.78, 5) is 26.2. The van der Waals surface area contributed by atoms with E-state index in [0.29, 0.717) is 19.4 Å². The predicted molar refractivity (Wildman–Crippen MR) is 88.8 cm³/mol. The Bertz CT molecular complexity index is 560. The van der Waals surface area contributed by atoms with Gasteiger partial charge in [-0.05, 0) is 31.4 Å². The summed E-state index contributed by atoms with van der Waals surface area (Å²) in [5.74, 6) is 0.169. The van der Waals surface area contributed by atoms with Gasteiger partial charge < -0.3 is 10.2 Å². The summed E-state index contributed by atoms with van der Waals surface area (Å²) >= 11 is 0. The largest absolute Gasteiger partial charge is 0.356 e. The standard InChI is InChI=1S/C18H26N2O2/c1-13-12-14-8-5-6-9-15(14)20(13)16(21)10-7-11-19-17(22)18(2,3)4/h5-6,8-9,13H,7,10-12H2,1-4H3,(H,19,22). The van der Waals surface area contributed by atoms with Gasteiger partial charge in [0.2, 0.25) is 11.8 Å². The van der Waals surface area contributed by atoms with Crippen LogP contribution in [0.2, 0.25) is 0 Å². The van der Waals surface area contributed by atoms with E-state index in [1.807, 2.05) is 43.9 Å². The smallest absolute Gasteiger partial charge is 0.227 e. The summed E-state index contributed by atoms with van der Waals surface area (Å²) in [5.41, 5.74) is 1.90. The fourth-order valence-corrected chi connectivity index (χ4v) is 2.77. The van der Waals surface area contributed by atoms with Crippen molar-refractivity contribution in [3.63, 3.8) is 0 Å². The van der Waals surface area contributed by atoms with Crippen molar-refractivity contribution in [1.82, 2.24) is 5.32 Å². The van der Waals surface area contributed by atoms with Crippen LogP contribution in [-0.4, -0.2) is 24.4 Å². The van der Waals surface area contributed by atoms with Gasteiger partial charge in [0.05, 0.1) is 0 Å². The zero-order valence-corrected chi connectivity index (χ0v) is 14.0. The van der Waals surface area contributed by atoms with Gasteiger partial charge in [-0.25, -0.2) is 0 Å². The lowest BCUT2D eigenvalue weighted by Crippen LogP contribution is -2.37. The molecule has 0 aromatic heterocycles. The summed E-state index contributed by atoms with van der Waals surface area (Å²) in [6.45, 7) is 8.29. The van der Waals surface area contributed by atoms with Crippen molar-refractivity contribution < 1.29 is 9.59 Å². The molecule has 0 saturated heterocycles. The first-order valence-electron chi connectivity index (χ1n) is 7.99. The molecule has 2 rings (SSSR count). The average Bonchev–Trinajstić information content (AvgIpc) is 2.77. The molecule has 120 valence electrons. The minimum atomic E-state index is -0.383. The molecular weight excluding hydrogens is 276 g/mol. The van der Waals surface area contributed by atoms with Crippen molar-refractivity contribution in [2.45, 2.75) is 53.0 Å². The number of anilines is 1. The predicted octanol–water partition coefficient (Wildman–Crippen LogP) is 2.91. The Kier molecular flexibility index (Phi) is 4.89. The number of rotatable bonds is 4. The highest BCUT2D eigenvalue weighted by Crippen LogP contribution is 2.32. The highest BCUT2D eigenvalue weighted by atomic mass is 16.2. The summed E-state index contributed by atoms with van der Waals surface area (Å²) in [6.07, 6.45) is 2.05. The van der Waals surface area contributed by atoms with Gasteiger partial charge in [-0.15, -0.1) is 0 Å². The van der Waals surface area contributed by atoms with Crippen molar-refractivity contribution in [1.29, 1.82) is 0 Å². The molecular formula is C18H26N2O2. The van der Waals surface area contributed by atoms with E-state index in [2.05, 4.69) is 18.3 Å². The molecule has 4 nitrogen and oxygen atoms in total. The molecule has 1 aliphatic rings. The maximum absolute atomic E-state index is 12.5. The third-order valence-corrected chi connectivity index (χ3v) is 4.01. The highest BCUT2D eigenvalue weighted by molar-refractivity contribution is 5.96. The fourth-order valence-electron chi connectivity index (χ4n) is 2.77. The number of carbonyl (C=O) groups excluding carboxylic acids is 2. The molecule has 0 spiro atoms. The lowest BCUT2D eigenvalue weighted by Gasteiger charge is -2.23. The molecule has 1 atom stereocenters. The van der Waals surface area contributed by atoms with Crippen molar-refractivity contribution in [3.8, 4) is 0 Å². The molecule has 0 fully saturated rings. The molecule has 1 heterocycles. The average molecular weight is 302 g/mol. The normalized spacial score (nSPS) is 17.3. The van der Waals surface area contributed by atoms with Crippen LogP contribution in [-0.2, 0) is 16.0 Å². The lowest BCUT2D eigenvalue weighted by molar-refractivity contribution is -0.128. The van der Waals surface area contributed by atoms with Crippen LogP contribution < -0.4 is 10.2 Å². The first-order valence-corrected chi connectivity index (χ1v) is 7.99. The molecule has 0 saturated carbocycles. The maximum atomic E-state index is 12.5. The number of para-hydroxylation sites is 1. The number of nitrogens with one attached hydrogen (secondary N) is 1. The third-order valence-electron chi connectivity index (χ3n) is 4.01. The molecule has 1 unspecified atom stereocenters. The maximum Gasteiger partial charge on any atom is 0.227 e. The minimum absolute atomic E-state index is 0.0276. The SMILES string of the molecule is CC1Cc2ccccc2N1C(=O)CCCNC(=O)C(C)(C)C. The van der Waals surface area contributed by atoms with E-state index < -0.39 is 0 Å². The molecule has 1 aromatic carbocycles. The number of hydrogen-bond donors (Lipinski definition) is 1. The summed E-state index contributed by atoms with van der Waals surface area (Å²) in [7, 11) is 0. The fraction of sp³-hybridized carbons (Fsp3) is 0.556. The molecule has 0 radical (unpaired) electrons. The van der Waals surface area contributed by atoms with Crippen molar-refractivity contribution in [2.24, 2.45) is 5.41 Å². The van der Waals surface area contributed by atoms with E-state index in [0.717, 1.165) is 12.1 Å². The van der Waals surface area contributed by atoms with Gasteiger partial charge in [0.1, 0.15) is 0 Å². The van der Waals surface area contributed by atoms with E-state index >= 15 is 0 Å². The second-order valence-electron chi connectivity index (χ2n) is 7.06. The topological polar surface area (TPSA) is 49.4 Å². The number of nitrogens with zero attached hydrogens (tertiary/aromatic N) is 1. The first-order chi connectivity index (χ1) is 10.3. The zero-order chi connectivity index (χ0) is 16.3. The Morgan fingerprint density at radius 2 is 1.95 bits per heavy atom. The van der Waals surface area contributed by atoms with Crippen LogP contribution in [0.3, 0.4) is 0 Å². The van der Waals surface area contributed by atoms with E-state index in [-0.39, 0.29) is 23.3 Å². The number of benzene rings is 1. The van der Waals surface area contributed by atoms with E-state index in [1.54, 1.807) is 0 Å². The molecule has 1 N–H and O–H groups in total. The summed E-state index contributed by atoms with van der Waals surface area (Å²) in [6, 6.07) is 8.30. The van der Waals surface area contributed by atoms with Gasteiger partial charge in [-0.1, -0.05) is 39.0 Å². The van der Waals surface area contributed by atoms with Crippen LogP contribution in [0.4, 0.5) is 5.69 Å². The van der Waals surface area contributed by atoms with E-state index in [1.165, 1.54) is 5.56 Å². The van der Waals surface area contributed by atoms with Gasteiger partial charge in [-0.2, -0.15) is 0 Å². The monoisotopic (exact) mass is 302 g/mol. The Morgan fingerprint density at radius 3 is 2.64 bits per heavy atom. The van der Waals surface area contributed by atoms with Gasteiger partial charge in [-0.3, -0.25) is 9.59 Å². The van der Waals surface area contributed by atoms with Crippen LogP contribution in [0.25, 0.3) is 0 Å². The van der Waals surface area contributed by atoms with Gasteiger partial charge in [0.15, 0.2) is 0 Å². The van der Waals surface area contributed by atoms with Crippen molar-refractivity contribution in [2.75, 3.05) is 11.4 Å². The van der Waals surface area contributed by atoms with Crippen LogP contribution in [0.15, 0.2) is 24.3 Å². The molecule has 1 aliphatic heterocycles. The van der Waals surface area contributed by atoms with Crippen LogP contribution in [0.1, 0.15) is 46.1 Å². The second-order valence-corrected chi connectivity index (χ2v) is 7.06. The van der Waals surface area contributed by atoms with Crippen molar-refractivity contribution >= 4 is 17.5 Å². The number of carbonyl (C=O) groups is 2. The third kappa shape index (κ3) is 3.67. The Hall–Kier alpha value is -1.84. The minimum Gasteiger partial charge on any atom is -0.356 e. The number of hydrogen-bond acceptors (Lipinski definition) is 2. The zero-order valence-electron chi connectivity index (χ0n) is 14.0. The quantitative estimate of drug-likeness (QED) is 0.869. The Morgan fingerprint density at radius 1 is 1.27 bits per heavy atom. The lowest BCUT2D eigenvalue weighted by atomic mass is 9.96. The Labute approximate surface area is 132 Å². The van der Waals surface area contributed by atoms with Gasteiger partial charge in [0, 0.05) is 30.1 Å². The molecule has 1 aromatic rings.